The molecule has 3 N–H and O–H groups in total. The monoisotopic (exact) mass is 376 g/mol. The molecule has 1 atom stereocenters. The number of hydrogen-bond acceptors (Lipinski definition) is 4. The maximum absolute atomic E-state index is 12.4. The summed E-state index contributed by atoms with van der Waals surface area (Å²) in [4.78, 5) is 27.9. The zero-order valence-electron chi connectivity index (χ0n) is 14.0. The Hall–Kier alpha value is -1.34. The molecule has 1 aromatic rings. The highest BCUT2D eigenvalue weighted by Gasteiger charge is 2.20. The highest BCUT2D eigenvalue weighted by atomic mass is 35.5. The Bertz CT molecular complexity index is 529. The molecule has 0 spiro atoms. The van der Waals surface area contributed by atoms with Gasteiger partial charge in [0.25, 0.3) is 5.91 Å². The lowest BCUT2D eigenvalue weighted by Crippen LogP contribution is -2.47. The van der Waals surface area contributed by atoms with Crippen molar-refractivity contribution in [1.82, 2.24) is 15.1 Å². The molecule has 0 aliphatic carbocycles. The molecule has 0 bridgehead atoms. The maximum atomic E-state index is 12.4. The summed E-state index contributed by atoms with van der Waals surface area (Å²) >= 11 is 0. The predicted octanol–water partition coefficient (Wildman–Crippen LogP) is 0.881. The molecular formula is C16H26Cl2N4O2. The van der Waals surface area contributed by atoms with Gasteiger partial charge in [0.1, 0.15) is 0 Å². The van der Waals surface area contributed by atoms with Crippen LogP contribution in [0.15, 0.2) is 24.3 Å². The van der Waals surface area contributed by atoms with Crippen LogP contribution in [0.25, 0.3) is 0 Å². The molecule has 1 aliphatic heterocycles. The van der Waals surface area contributed by atoms with Gasteiger partial charge in [-0.1, -0.05) is 12.1 Å². The third-order valence-electron chi connectivity index (χ3n) is 3.87. The van der Waals surface area contributed by atoms with E-state index in [1.165, 1.54) is 0 Å². The average molecular weight is 377 g/mol. The second-order valence-electron chi connectivity index (χ2n) is 5.80. The number of rotatable bonds is 4. The van der Waals surface area contributed by atoms with Crippen LogP contribution in [0.4, 0.5) is 0 Å². The number of benzene rings is 1. The van der Waals surface area contributed by atoms with E-state index in [1.807, 2.05) is 29.2 Å². The van der Waals surface area contributed by atoms with Crippen molar-refractivity contribution in [2.45, 2.75) is 19.5 Å². The second-order valence-corrected chi connectivity index (χ2v) is 5.80. The minimum Gasteiger partial charge on any atom is -0.351 e. The number of carbonyl (C=O) groups excluding carboxylic acids is 2. The number of piperazine rings is 1. The van der Waals surface area contributed by atoms with E-state index in [1.54, 1.807) is 6.92 Å². The van der Waals surface area contributed by atoms with Crippen molar-refractivity contribution in [3.05, 3.63) is 35.4 Å². The average Bonchev–Trinajstić information content (AvgIpc) is 2.53. The Morgan fingerprint density at radius 2 is 1.67 bits per heavy atom. The molecule has 24 heavy (non-hydrogen) atoms. The molecular weight excluding hydrogens is 351 g/mol. The third kappa shape index (κ3) is 6.28. The number of nitrogens with one attached hydrogen (secondary N) is 1. The number of likely N-dealkylation sites (N-methyl/N-ethyl adjacent to an activating group) is 1. The van der Waals surface area contributed by atoms with Crippen LogP contribution in [0.1, 0.15) is 22.8 Å². The van der Waals surface area contributed by atoms with Gasteiger partial charge in [-0.25, -0.2) is 0 Å². The van der Waals surface area contributed by atoms with E-state index in [-0.39, 0.29) is 36.6 Å². The van der Waals surface area contributed by atoms with Crippen molar-refractivity contribution in [3.8, 4) is 0 Å². The van der Waals surface area contributed by atoms with Crippen LogP contribution >= 0.6 is 24.8 Å². The van der Waals surface area contributed by atoms with Crippen LogP contribution in [0.3, 0.4) is 0 Å². The smallest absolute Gasteiger partial charge is 0.253 e. The number of hydrogen-bond donors (Lipinski definition) is 2. The molecule has 1 saturated heterocycles. The number of halogens is 2. The Labute approximate surface area is 155 Å². The molecule has 8 heteroatoms. The first kappa shape index (κ1) is 22.7. The quantitative estimate of drug-likeness (QED) is 0.817. The topological polar surface area (TPSA) is 78.7 Å². The van der Waals surface area contributed by atoms with Gasteiger partial charge < -0.3 is 20.9 Å². The van der Waals surface area contributed by atoms with Gasteiger partial charge in [-0.3, -0.25) is 9.59 Å². The highest BCUT2D eigenvalue weighted by Crippen LogP contribution is 2.10. The predicted molar refractivity (Wildman–Crippen MR) is 99.8 cm³/mol. The molecule has 1 fully saturated rings. The van der Waals surface area contributed by atoms with Crippen molar-refractivity contribution in [2.24, 2.45) is 5.73 Å². The minimum atomic E-state index is -0.516. The van der Waals surface area contributed by atoms with Crippen LogP contribution in [-0.4, -0.2) is 60.9 Å². The molecule has 6 nitrogen and oxygen atoms in total. The summed E-state index contributed by atoms with van der Waals surface area (Å²) in [6.45, 7) is 5.42. The standard InChI is InChI=1S/C16H24N4O2.2ClH/c1-12(17)15(21)18-11-13-3-5-14(6-4-13)16(22)20-9-7-19(2)8-10-20;;/h3-6,12H,7-11,17H2,1-2H3,(H,18,21);2*1H/t12-;;/m1../s1. The summed E-state index contributed by atoms with van der Waals surface area (Å²) in [5.74, 6) is -0.114. The summed E-state index contributed by atoms with van der Waals surface area (Å²) in [5, 5.41) is 2.75. The van der Waals surface area contributed by atoms with Crippen molar-refractivity contribution >= 4 is 36.6 Å². The van der Waals surface area contributed by atoms with Crippen molar-refractivity contribution in [3.63, 3.8) is 0 Å². The van der Waals surface area contributed by atoms with Gasteiger partial charge in [0.15, 0.2) is 0 Å². The second kappa shape index (κ2) is 10.5. The first-order valence-electron chi connectivity index (χ1n) is 7.57. The number of nitrogens with zero attached hydrogens (tertiary/aromatic N) is 2. The molecule has 0 unspecified atom stereocenters. The van der Waals surface area contributed by atoms with Crippen molar-refractivity contribution in [1.29, 1.82) is 0 Å². The molecule has 1 heterocycles. The first-order chi connectivity index (χ1) is 10.5. The third-order valence-corrected chi connectivity index (χ3v) is 3.87. The van der Waals surface area contributed by atoms with Crippen LogP contribution in [-0.2, 0) is 11.3 Å². The van der Waals surface area contributed by atoms with Crippen molar-refractivity contribution < 1.29 is 9.59 Å². The first-order valence-corrected chi connectivity index (χ1v) is 7.57. The van der Waals surface area contributed by atoms with Crippen LogP contribution in [0.5, 0.6) is 0 Å². The fourth-order valence-electron chi connectivity index (χ4n) is 2.31. The molecule has 0 saturated carbocycles. The number of nitrogens with two attached hydrogens (primary N) is 1. The summed E-state index contributed by atoms with van der Waals surface area (Å²) in [7, 11) is 2.06. The lowest BCUT2D eigenvalue weighted by Gasteiger charge is -2.32. The molecule has 136 valence electrons. The maximum Gasteiger partial charge on any atom is 0.253 e. The van der Waals surface area contributed by atoms with Gasteiger partial charge in [-0.05, 0) is 31.7 Å². The SMILES string of the molecule is C[C@@H](N)C(=O)NCc1ccc(C(=O)N2CCN(C)CC2)cc1.Cl.Cl. The van der Waals surface area contributed by atoms with E-state index < -0.39 is 6.04 Å². The fraction of sp³-hybridized carbons (Fsp3) is 0.500. The minimum absolute atomic E-state index is 0. The molecule has 0 radical (unpaired) electrons. The van der Waals surface area contributed by atoms with Gasteiger partial charge in [-0.2, -0.15) is 0 Å². The number of amides is 2. The molecule has 0 aromatic heterocycles. The summed E-state index contributed by atoms with van der Waals surface area (Å²) in [6, 6.07) is 6.84. The Morgan fingerprint density at radius 3 is 2.17 bits per heavy atom. The van der Waals surface area contributed by atoms with E-state index >= 15 is 0 Å². The van der Waals surface area contributed by atoms with E-state index in [0.29, 0.717) is 12.1 Å². The van der Waals surface area contributed by atoms with Crippen molar-refractivity contribution in [2.75, 3.05) is 33.2 Å². The van der Waals surface area contributed by atoms with Gasteiger partial charge in [0, 0.05) is 38.3 Å². The van der Waals surface area contributed by atoms with Crippen LogP contribution in [0.2, 0.25) is 0 Å². The lowest BCUT2D eigenvalue weighted by atomic mass is 10.1. The fourth-order valence-corrected chi connectivity index (χ4v) is 2.31. The Morgan fingerprint density at radius 1 is 1.12 bits per heavy atom. The molecule has 2 amide bonds. The van der Waals surface area contributed by atoms with E-state index in [2.05, 4.69) is 17.3 Å². The molecule has 2 rings (SSSR count). The zero-order valence-corrected chi connectivity index (χ0v) is 15.7. The zero-order chi connectivity index (χ0) is 16.1. The van der Waals surface area contributed by atoms with Gasteiger partial charge >= 0.3 is 0 Å². The largest absolute Gasteiger partial charge is 0.351 e. The Kier molecular flexibility index (Phi) is 9.92. The highest BCUT2D eigenvalue weighted by molar-refractivity contribution is 5.94. The summed E-state index contributed by atoms with van der Waals surface area (Å²) < 4.78 is 0. The van der Waals surface area contributed by atoms with Gasteiger partial charge in [-0.15, -0.1) is 24.8 Å². The summed E-state index contributed by atoms with van der Waals surface area (Å²) in [5.41, 5.74) is 7.13. The number of carbonyl (C=O) groups is 2. The lowest BCUT2D eigenvalue weighted by molar-refractivity contribution is -0.122. The molecule has 1 aromatic carbocycles. The van der Waals surface area contributed by atoms with E-state index in [9.17, 15) is 9.59 Å². The van der Waals surface area contributed by atoms with Gasteiger partial charge in [0.05, 0.1) is 6.04 Å². The Balaban J connectivity index is 0.00000264. The molecule has 1 aliphatic rings. The van der Waals surface area contributed by atoms with E-state index in [4.69, 9.17) is 5.73 Å². The van der Waals surface area contributed by atoms with E-state index in [0.717, 1.165) is 31.7 Å². The van der Waals surface area contributed by atoms with Crippen LogP contribution in [0, 0.1) is 0 Å². The van der Waals surface area contributed by atoms with Gasteiger partial charge in [0.2, 0.25) is 5.91 Å². The summed E-state index contributed by atoms with van der Waals surface area (Å²) in [6.07, 6.45) is 0. The normalized spacial score (nSPS) is 15.7. The van der Waals surface area contributed by atoms with Crippen LogP contribution < -0.4 is 11.1 Å².